The molecule has 2 aromatic heterocycles. The summed E-state index contributed by atoms with van der Waals surface area (Å²) in [5.41, 5.74) is 2.60. The highest BCUT2D eigenvalue weighted by molar-refractivity contribution is 6.03. The number of aryl methyl sites for hydroxylation is 1. The molecular weight excluding hydrogens is 370 g/mol. The number of anilines is 1. The maximum absolute atomic E-state index is 12.7. The summed E-state index contributed by atoms with van der Waals surface area (Å²) in [4.78, 5) is 20.9. The molecule has 0 spiro atoms. The van der Waals surface area contributed by atoms with Crippen LogP contribution in [0.5, 0.6) is 11.8 Å². The van der Waals surface area contributed by atoms with E-state index in [1.165, 1.54) is 0 Å². The molecule has 3 aromatic rings. The molecule has 0 radical (unpaired) electrons. The van der Waals surface area contributed by atoms with Gasteiger partial charge in [0.25, 0.3) is 5.91 Å². The third-order valence-corrected chi connectivity index (χ3v) is 4.89. The maximum Gasteiger partial charge on any atom is 0.322 e. The molecule has 4 rings (SSSR count). The van der Waals surface area contributed by atoms with Crippen molar-refractivity contribution in [2.75, 3.05) is 18.4 Å². The normalized spacial score (nSPS) is 14.6. The summed E-state index contributed by atoms with van der Waals surface area (Å²) in [5.74, 6) is 0.306. The van der Waals surface area contributed by atoms with E-state index >= 15 is 0 Å². The van der Waals surface area contributed by atoms with Gasteiger partial charge in [0, 0.05) is 17.6 Å². The van der Waals surface area contributed by atoms with Crippen LogP contribution in [0.4, 0.5) is 5.69 Å². The number of nitrogens with zero attached hydrogens (tertiary/aromatic N) is 5. The van der Waals surface area contributed by atoms with Gasteiger partial charge in [-0.05, 0) is 70.1 Å². The number of carbonyl (C=O) groups excluding carboxylic acids is 1. The van der Waals surface area contributed by atoms with Crippen LogP contribution >= 0.6 is 0 Å². The Morgan fingerprint density at radius 2 is 1.93 bits per heavy atom. The van der Waals surface area contributed by atoms with Crippen LogP contribution in [0.3, 0.4) is 0 Å². The highest BCUT2D eigenvalue weighted by Crippen LogP contribution is 2.22. The third-order valence-electron chi connectivity index (χ3n) is 4.89. The van der Waals surface area contributed by atoms with Gasteiger partial charge in [0.2, 0.25) is 0 Å². The van der Waals surface area contributed by atoms with Crippen molar-refractivity contribution in [1.29, 1.82) is 0 Å². The zero-order valence-corrected chi connectivity index (χ0v) is 16.4. The summed E-state index contributed by atoms with van der Waals surface area (Å²) in [7, 11) is 0. The second kappa shape index (κ2) is 8.36. The van der Waals surface area contributed by atoms with Crippen molar-refractivity contribution in [2.45, 2.75) is 32.7 Å². The summed E-state index contributed by atoms with van der Waals surface area (Å²) >= 11 is 0. The fourth-order valence-electron chi connectivity index (χ4n) is 3.33. The molecule has 1 aliphatic rings. The van der Waals surface area contributed by atoms with Gasteiger partial charge in [-0.15, -0.1) is 5.10 Å². The lowest BCUT2D eigenvalue weighted by molar-refractivity contribution is 0.102. The topological polar surface area (TPSA) is 107 Å². The Morgan fingerprint density at radius 1 is 1.17 bits per heavy atom. The Labute approximate surface area is 168 Å². The third kappa shape index (κ3) is 4.40. The summed E-state index contributed by atoms with van der Waals surface area (Å²) < 4.78 is 7.50. The van der Waals surface area contributed by atoms with Gasteiger partial charge in [-0.2, -0.15) is 0 Å². The van der Waals surface area contributed by atoms with Gasteiger partial charge in [0.15, 0.2) is 5.69 Å². The number of nitrogens with one attached hydrogen (secondary N) is 2. The number of rotatable bonds is 5. The van der Waals surface area contributed by atoms with Gasteiger partial charge in [0.1, 0.15) is 5.75 Å². The van der Waals surface area contributed by atoms with Crippen LogP contribution in [-0.4, -0.2) is 44.0 Å². The molecule has 9 nitrogen and oxygen atoms in total. The van der Waals surface area contributed by atoms with Crippen LogP contribution in [0.1, 0.15) is 40.8 Å². The maximum atomic E-state index is 12.7. The van der Waals surface area contributed by atoms with Crippen molar-refractivity contribution in [1.82, 2.24) is 30.3 Å². The fraction of sp³-hybridized carbons (Fsp3) is 0.350. The lowest BCUT2D eigenvalue weighted by Crippen LogP contribution is -2.30. The highest BCUT2D eigenvalue weighted by Gasteiger charge is 2.23. The van der Waals surface area contributed by atoms with Gasteiger partial charge in [-0.1, -0.05) is 5.21 Å². The fourth-order valence-corrected chi connectivity index (χ4v) is 3.33. The molecule has 0 aliphatic carbocycles. The SMILES string of the molecule is Cc1ccnc(Oc2ccc(NC(=O)c3nnn(C4CCNCC4)c3C)cc2)n1. The average Bonchev–Trinajstić information content (AvgIpc) is 3.12. The Bertz CT molecular complexity index is 994. The minimum absolute atomic E-state index is 0.279. The summed E-state index contributed by atoms with van der Waals surface area (Å²) in [6.07, 6.45) is 3.61. The van der Waals surface area contributed by atoms with Gasteiger partial charge >= 0.3 is 6.01 Å². The molecule has 3 heterocycles. The molecule has 29 heavy (non-hydrogen) atoms. The molecule has 1 aliphatic heterocycles. The van der Waals surface area contributed by atoms with Crippen LogP contribution in [0.25, 0.3) is 0 Å². The first kappa shape index (κ1) is 19.0. The lowest BCUT2D eigenvalue weighted by Gasteiger charge is -2.23. The Hall–Kier alpha value is -3.33. The van der Waals surface area contributed by atoms with E-state index in [1.807, 2.05) is 18.5 Å². The number of hydrogen-bond donors (Lipinski definition) is 2. The molecule has 2 N–H and O–H groups in total. The number of hydrogen-bond acceptors (Lipinski definition) is 7. The van der Waals surface area contributed by atoms with Crippen molar-refractivity contribution < 1.29 is 9.53 Å². The van der Waals surface area contributed by atoms with E-state index in [0.717, 1.165) is 37.3 Å². The number of aromatic nitrogens is 5. The Kier molecular flexibility index (Phi) is 5.48. The summed E-state index contributed by atoms with van der Waals surface area (Å²) in [6, 6.07) is 9.39. The molecule has 1 fully saturated rings. The molecule has 0 atom stereocenters. The smallest absolute Gasteiger partial charge is 0.322 e. The first-order valence-corrected chi connectivity index (χ1v) is 9.61. The van der Waals surface area contributed by atoms with Crippen LogP contribution in [0.2, 0.25) is 0 Å². The minimum atomic E-state index is -0.279. The van der Waals surface area contributed by atoms with E-state index in [4.69, 9.17) is 4.74 Å². The minimum Gasteiger partial charge on any atom is -0.424 e. The lowest BCUT2D eigenvalue weighted by atomic mass is 10.1. The predicted octanol–water partition coefficient (Wildman–Crippen LogP) is 2.65. The number of carbonyl (C=O) groups is 1. The van der Waals surface area contributed by atoms with Crippen molar-refractivity contribution >= 4 is 11.6 Å². The first-order chi connectivity index (χ1) is 14.1. The van der Waals surface area contributed by atoms with Gasteiger partial charge in [-0.25, -0.2) is 14.6 Å². The van der Waals surface area contributed by atoms with Crippen LogP contribution in [0, 0.1) is 13.8 Å². The van der Waals surface area contributed by atoms with Crippen molar-refractivity contribution in [3.8, 4) is 11.8 Å². The second-order valence-electron chi connectivity index (χ2n) is 7.01. The molecule has 9 heteroatoms. The summed E-state index contributed by atoms with van der Waals surface area (Å²) in [5, 5.41) is 14.5. The van der Waals surface area contributed by atoms with Crippen LogP contribution in [-0.2, 0) is 0 Å². The number of amides is 1. The first-order valence-electron chi connectivity index (χ1n) is 9.61. The molecular formula is C20H23N7O2. The number of ether oxygens (including phenoxy) is 1. The molecule has 1 amide bonds. The van der Waals surface area contributed by atoms with E-state index in [1.54, 1.807) is 36.5 Å². The number of piperidine rings is 1. The van der Waals surface area contributed by atoms with Crippen molar-refractivity contribution in [3.63, 3.8) is 0 Å². The van der Waals surface area contributed by atoms with Crippen molar-refractivity contribution in [2.24, 2.45) is 0 Å². The molecule has 1 aromatic carbocycles. The van der Waals surface area contributed by atoms with Gasteiger partial charge in [0.05, 0.1) is 11.7 Å². The predicted molar refractivity (Wildman–Crippen MR) is 107 cm³/mol. The van der Waals surface area contributed by atoms with Gasteiger partial charge < -0.3 is 15.4 Å². The zero-order chi connectivity index (χ0) is 20.2. The van der Waals surface area contributed by atoms with E-state index in [0.29, 0.717) is 17.1 Å². The summed E-state index contributed by atoms with van der Waals surface area (Å²) in [6.45, 7) is 5.66. The van der Waals surface area contributed by atoms with Crippen LogP contribution in [0.15, 0.2) is 36.5 Å². The quantitative estimate of drug-likeness (QED) is 0.686. The molecule has 1 saturated heterocycles. The van der Waals surface area contributed by atoms with Gasteiger partial charge in [-0.3, -0.25) is 4.79 Å². The average molecular weight is 393 g/mol. The molecule has 0 unspecified atom stereocenters. The van der Waals surface area contributed by atoms with E-state index in [-0.39, 0.29) is 18.0 Å². The van der Waals surface area contributed by atoms with E-state index in [9.17, 15) is 4.79 Å². The Morgan fingerprint density at radius 3 is 2.66 bits per heavy atom. The second-order valence-corrected chi connectivity index (χ2v) is 7.01. The van der Waals surface area contributed by atoms with E-state index in [2.05, 4.69) is 30.9 Å². The largest absolute Gasteiger partial charge is 0.424 e. The zero-order valence-electron chi connectivity index (χ0n) is 16.4. The van der Waals surface area contributed by atoms with E-state index < -0.39 is 0 Å². The Balaban J connectivity index is 1.41. The molecule has 0 saturated carbocycles. The molecule has 150 valence electrons. The van der Waals surface area contributed by atoms with Crippen LogP contribution < -0.4 is 15.4 Å². The standard InChI is InChI=1S/C20H23N7O2/c1-13-7-12-22-20(23-13)29-17-5-3-15(4-6-17)24-19(28)18-14(2)27(26-25-18)16-8-10-21-11-9-16/h3-7,12,16,21H,8-11H2,1-2H3,(H,24,28). The van der Waals surface area contributed by atoms with Crippen molar-refractivity contribution in [3.05, 3.63) is 53.6 Å². The highest BCUT2D eigenvalue weighted by atomic mass is 16.5. The monoisotopic (exact) mass is 393 g/mol. The molecule has 0 bridgehead atoms. The number of benzene rings is 1.